The smallest absolute Gasteiger partial charge is 0.228 e. The molecule has 158 valence electrons. The van der Waals surface area contributed by atoms with Crippen LogP contribution in [0.5, 0.6) is 5.75 Å². The molecule has 0 spiro atoms. The number of aromatic nitrogens is 1. The van der Waals surface area contributed by atoms with Crippen molar-refractivity contribution in [3.63, 3.8) is 0 Å². The van der Waals surface area contributed by atoms with E-state index in [0.29, 0.717) is 40.3 Å². The number of nitrogens with zero attached hydrogens (tertiary/aromatic N) is 1. The van der Waals surface area contributed by atoms with Gasteiger partial charge in [-0.3, -0.25) is 9.59 Å². The molecule has 0 bridgehead atoms. The summed E-state index contributed by atoms with van der Waals surface area (Å²) < 4.78 is 16.0. The van der Waals surface area contributed by atoms with Gasteiger partial charge in [0.25, 0.3) is 0 Å². The lowest BCUT2D eigenvalue weighted by atomic mass is 10.0. The quantitative estimate of drug-likeness (QED) is 0.399. The summed E-state index contributed by atoms with van der Waals surface area (Å²) in [6.45, 7) is 1.82. The third-order valence-corrected chi connectivity index (χ3v) is 5.06. The van der Waals surface area contributed by atoms with Crippen molar-refractivity contribution in [2.75, 3.05) is 12.4 Å². The number of rotatable bonds is 7. The van der Waals surface area contributed by atoms with E-state index in [9.17, 15) is 9.59 Å². The van der Waals surface area contributed by atoms with Crippen molar-refractivity contribution < 1.29 is 23.3 Å². The fourth-order valence-corrected chi connectivity index (χ4v) is 3.43. The van der Waals surface area contributed by atoms with Gasteiger partial charge in [0.1, 0.15) is 17.1 Å². The molecule has 4 aromatic rings. The van der Waals surface area contributed by atoms with Gasteiger partial charge in [-0.2, -0.15) is 0 Å². The van der Waals surface area contributed by atoms with E-state index in [1.54, 1.807) is 55.6 Å². The Morgan fingerprint density at radius 3 is 2.74 bits per heavy atom. The summed E-state index contributed by atoms with van der Waals surface area (Å²) in [4.78, 5) is 25.2. The molecule has 7 nitrogen and oxygen atoms in total. The number of nitrogens with one attached hydrogen (secondary N) is 1. The molecular formula is C23H19ClN2O5. The number of carbonyl (C=O) groups excluding carboxylic acids is 2. The number of furan rings is 1. The number of hydrogen-bond donors (Lipinski definition) is 1. The summed E-state index contributed by atoms with van der Waals surface area (Å²) >= 11 is 5.71. The van der Waals surface area contributed by atoms with Crippen LogP contribution in [0.3, 0.4) is 0 Å². The summed E-state index contributed by atoms with van der Waals surface area (Å²) in [5.74, 6) is 0.984. The van der Waals surface area contributed by atoms with Crippen LogP contribution >= 0.6 is 11.6 Å². The van der Waals surface area contributed by atoms with Crippen molar-refractivity contribution in [2.24, 2.45) is 0 Å². The Morgan fingerprint density at radius 2 is 2.00 bits per heavy atom. The number of amides is 1. The van der Waals surface area contributed by atoms with Gasteiger partial charge >= 0.3 is 0 Å². The molecule has 2 heterocycles. The first-order valence-corrected chi connectivity index (χ1v) is 9.95. The second-order valence-electron chi connectivity index (χ2n) is 6.99. The second kappa shape index (κ2) is 8.65. The monoisotopic (exact) mass is 438 g/mol. The van der Waals surface area contributed by atoms with Crippen LogP contribution in [-0.2, 0) is 11.2 Å². The molecule has 0 aliphatic heterocycles. The van der Waals surface area contributed by atoms with Gasteiger partial charge in [-0.05, 0) is 37.3 Å². The summed E-state index contributed by atoms with van der Waals surface area (Å²) in [6, 6.07) is 13.7. The van der Waals surface area contributed by atoms with Crippen molar-refractivity contribution in [3.05, 3.63) is 76.3 Å². The van der Waals surface area contributed by atoms with E-state index in [0.717, 1.165) is 5.39 Å². The lowest BCUT2D eigenvalue weighted by molar-refractivity contribution is -0.116. The fourth-order valence-electron chi connectivity index (χ4n) is 3.28. The van der Waals surface area contributed by atoms with Gasteiger partial charge in [0, 0.05) is 41.1 Å². The molecule has 0 aliphatic carbocycles. The number of methoxy groups -OCH3 is 1. The number of ether oxygens (including phenoxy) is 1. The molecule has 0 saturated carbocycles. The van der Waals surface area contributed by atoms with Crippen LogP contribution in [0.25, 0.3) is 11.0 Å². The molecule has 2 aromatic heterocycles. The van der Waals surface area contributed by atoms with E-state index in [2.05, 4.69) is 10.5 Å². The van der Waals surface area contributed by atoms with E-state index in [-0.39, 0.29) is 29.0 Å². The molecule has 0 unspecified atom stereocenters. The van der Waals surface area contributed by atoms with E-state index in [1.165, 1.54) is 0 Å². The third kappa shape index (κ3) is 4.46. The Hall–Kier alpha value is -3.58. The topological polar surface area (TPSA) is 94.6 Å². The molecule has 0 aliphatic rings. The minimum atomic E-state index is -0.232. The number of ketones is 1. The molecule has 8 heteroatoms. The van der Waals surface area contributed by atoms with Gasteiger partial charge in [0.2, 0.25) is 11.7 Å². The fraction of sp³-hybridized carbons (Fsp3) is 0.174. The molecule has 0 atom stereocenters. The maximum atomic E-state index is 12.9. The number of halogens is 1. The summed E-state index contributed by atoms with van der Waals surface area (Å²) in [6.07, 6.45) is 0.602. The molecule has 0 fully saturated rings. The molecule has 31 heavy (non-hydrogen) atoms. The largest absolute Gasteiger partial charge is 0.497 e. The van der Waals surface area contributed by atoms with Gasteiger partial charge in [-0.25, -0.2) is 0 Å². The highest BCUT2D eigenvalue weighted by Gasteiger charge is 2.20. The number of fused-ring (bicyclic) bond motifs is 1. The maximum absolute atomic E-state index is 12.9. The number of benzene rings is 2. The average Bonchev–Trinajstić information content (AvgIpc) is 3.34. The standard InChI is InChI=1S/C23H19ClN2O5/c1-13-18-11-15(25-21(27)9-7-17-12-20(24)26-31-17)6-8-19(18)30-23(13)22(28)14-4-3-5-16(10-14)29-2/h3-6,8,10-12H,7,9H2,1-2H3,(H,25,27). The molecule has 2 aromatic carbocycles. The second-order valence-corrected chi connectivity index (χ2v) is 7.38. The molecule has 0 radical (unpaired) electrons. The van der Waals surface area contributed by atoms with E-state index in [1.807, 2.05) is 6.92 Å². The van der Waals surface area contributed by atoms with Crippen molar-refractivity contribution in [1.82, 2.24) is 5.16 Å². The zero-order chi connectivity index (χ0) is 22.0. The van der Waals surface area contributed by atoms with Crippen LogP contribution in [0.1, 0.15) is 33.9 Å². The first kappa shape index (κ1) is 20.7. The summed E-state index contributed by atoms with van der Waals surface area (Å²) in [5, 5.41) is 7.45. The Bertz CT molecular complexity index is 1270. The van der Waals surface area contributed by atoms with Crippen molar-refractivity contribution >= 4 is 39.9 Å². The van der Waals surface area contributed by atoms with Gasteiger partial charge in [0.05, 0.1) is 7.11 Å². The number of hydrogen-bond acceptors (Lipinski definition) is 6. The normalized spacial score (nSPS) is 10.9. The van der Waals surface area contributed by atoms with Crippen LogP contribution in [-0.4, -0.2) is 24.0 Å². The molecule has 4 rings (SSSR count). The molecule has 0 saturated heterocycles. The first-order chi connectivity index (χ1) is 14.9. The first-order valence-electron chi connectivity index (χ1n) is 9.57. The van der Waals surface area contributed by atoms with Crippen LogP contribution in [0, 0.1) is 6.92 Å². The van der Waals surface area contributed by atoms with Crippen LogP contribution in [0.2, 0.25) is 5.15 Å². The van der Waals surface area contributed by atoms with Gasteiger partial charge in [-0.15, -0.1) is 0 Å². The van der Waals surface area contributed by atoms with Crippen molar-refractivity contribution in [3.8, 4) is 5.75 Å². The number of aryl methyl sites for hydroxylation is 2. The maximum Gasteiger partial charge on any atom is 0.228 e. The summed E-state index contributed by atoms with van der Waals surface area (Å²) in [5.41, 5.74) is 2.35. The Kier molecular flexibility index (Phi) is 5.77. The minimum absolute atomic E-state index is 0.180. The SMILES string of the molecule is COc1cccc(C(=O)c2oc3ccc(NC(=O)CCc4cc(Cl)no4)cc3c2C)c1. The van der Waals surface area contributed by atoms with Crippen LogP contribution in [0.4, 0.5) is 5.69 Å². The predicted molar refractivity (Wildman–Crippen MR) is 116 cm³/mol. The molecule has 1 N–H and O–H groups in total. The van der Waals surface area contributed by atoms with Gasteiger partial charge < -0.3 is 19.0 Å². The van der Waals surface area contributed by atoms with Crippen LogP contribution in [0.15, 0.2) is 57.5 Å². The lowest BCUT2D eigenvalue weighted by Gasteiger charge is -2.04. The Labute approximate surface area is 182 Å². The molecular weight excluding hydrogens is 420 g/mol. The zero-order valence-electron chi connectivity index (χ0n) is 16.9. The zero-order valence-corrected chi connectivity index (χ0v) is 17.7. The number of anilines is 1. The van der Waals surface area contributed by atoms with E-state index < -0.39 is 0 Å². The van der Waals surface area contributed by atoms with E-state index >= 15 is 0 Å². The minimum Gasteiger partial charge on any atom is -0.497 e. The lowest BCUT2D eigenvalue weighted by Crippen LogP contribution is -2.12. The number of carbonyl (C=O) groups is 2. The predicted octanol–water partition coefficient (Wildman–Crippen LogP) is 5.19. The van der Waals surface area contributed by atoms with Crippen molar-refractivity contribution in [2.45, 2.75) is 19.8 Å². The highest BCUT2D eigenvalue weighted by molar-refractivity contribution is 6.29. The van der Waals surface area contributed by atoms with Crippen LogP contribution < -0.4 is 10.1 Å². The van der Waals surface area contributed by atoms with Crippen molar-refractivity contribution in [1.29, 1.82) is 0 Å². The van der Waals surface area contributed by atoms with E-state index in [4.69, 9.17) is 25.3 Å². The Morgan fingerprint density at radius 1 is 1.16 bits per heavy atom. The van der Waals surface area contributed by atoms with Gasteiger partial charge in [0.15, 0.2) is 10.9 Å². The highest BCUT2D eigenvalue weighted by Crippen LogP contribution is 2.30. The average molecular weight is 439 g/mol. The third-order valence-electron chi connectivity index (χ3n) is 4.89. The molecule has 1 amide bonds. The van der Waals surface area contributed by atoms with Gasteiger partial charge in [-0.1, -0.05) is 28.9 Å². The Balaban J connectivity index is 1.52. The highest BCUT2D eigenvalue weighted by atomic mass is 35.5. The summed E-state index contributed by atoms with van der Waals surface area (Å²) in [7, 11) is 1.55.